The van der Waals surface area contributed by atoms with Gasteiger partial charge in [0, 0.05) is 0 Å². The molecule has 2 N–H and O–H groups in total. The quantitative estimate of drug-likeness (QED) is 0.709. The lowest BCUT2D eigenvalue weighted by Crippen LogP contribution is -2.24. The summed E-state index contributed by atoms with van der Waals surface area (Å²) in [7, 11) is 0. The zero-order chi connectivity index (χ0) is 13.2. The number of benzene rings is 1. The molecular weight excluding hydrogens is 401 g/mol. The van der Waals surface area contributed by atoms with Crippen molar-refractivity contribution >= 4 is 50.3 Å². The Kier molecular flexibility index (Phi) is 4.65. The summed E-state index contributed by atoms with van der Waals surface area (Å²) in [6, 6.07) is 3.45. The van der Waals surface area contributed by atoms with E-state index in [-0.39, 0.29) is 5.60 Å². The molecule has 1 aromatic carbocycles. The van der Waals surface area contributed by atoms with Gasteiger partial charge < -0.3 is 9.84 Å². The van der Waals surface area contributed by atoms with Gasteiger partial charge in [0.05, 0.1) is 13.7 Å². The van der Waals surface area contributed by atoms with Crippen molar-refractivity contribution in [2.45, 2.75) is 26.4 Å². The number of hydrogen-bond donors (Lipinski definition) is 2. The minimum absolute atomic E-state index is 0.343. The van der Waals surface area contributed by atoms with E-state index in [1.54, 1.807) is 12.1 Å². The number of anilines is 1. The third-order valence-electron chi connectivity index (χ3n) is 1.70. The van der Waals surface area contributed by atoms with E-state index in [1.807, 2.05) is 20.8 Å². The highest BCUT2D eigenvalue weighted by Gasteiger charge is 2.19. The molecule has 94 valence electrons. The van der Waals surface area contributed by atoms with Crippen molar-refractivity contribution in [2.75, 3.05) is 5.32 Å². The maximum Gasteiger partial charge on any atom is 0.409 e. The minimum atomic E-state index is -1.09. The second kappa shape index (κ2) is 5.43. The molecule has 0 aromatic heterocycles. The van der Waals surface area contributed by atoms with Crippen molar-refractivity contribution in [3.63, 3.8) is 0 Å². The van der Waals surface area contributed by atoms with Gasteiger partial charge in [-0.1, -0.05) is 0 Å². The van der Waals surface area contributed by atoms with Gasteiger partial charge in [-0.2, -0.15) is 0 Å². The Morgan fingerprint density at radius 2 is 2.06 bits per heavy atom. The highest BCUT2D eigenvalue weighted by molar-refractivity contribution is 14.1. The molecule has 1 amide bonds. The van der Waals surface area contributed by atoms with Crippen molar-refractivity contribution in [3.05, 3.63) is 20.2 Å². The summed E-state index contributed by atoms with van der Waals surface area (Å²) in [4.78, 5) is 10.6. The lowest BCUT2D eigenvalue weighted by molar-refractivity contribution is 0.128. The van der Waals surface area contributed by atoms with Crippen molar-refractivity contribution in [3.8, 4) is 5.75 Å². The first-order valence-electron chi connectivity index (χ1n) is 4.87. The number of rotatable bonds is 2. The Morgan fingerprint density at radius 3 is 2.53 bits per heavy atom. The van der Waals surface area contributed by atoms with E-state index in [0.717, 1.165) is 8.04 Å². The summed E-state index contributed by atoms with van der Waals surface area (Å²) in [5.74, 6) is 0.643. The monoisotopic (exact) mass is 413 g/mol. The van der Waals surface area contributed by atoms with Crippen LogP contribution in [0.5, 0.6) is 5.75 Å². The molecule has 0 spiro atoms. The predicted molar refractivity (Wildman–Crippen MR) is 78.9 cm³/mol. The lowest BCUT2D eigenvalue weighted by Gasteiger charge is -2.24. The van der Waals surface area contributed by atoms with Gasteiger partial charge >= 0.3 is 6.09 Å². The van der Waals surface area contributed by atoms with E-state index in [2.05, 4.69) is 43.8 Å². The van der Waals surface area contributed by atoms with Crippen LogP contribution in [0.1, 0.15) is 20.8 Å². The zero-order valence-electron chi connectivity index (χ0n) is 9.67. The molecule has 0 unspecified atom stereocenters. The molecule has 0 heterocycles. The summed E-state index contributed by atoms with van der Waals surface area (Å²) in [6.45, 7) is 5.81. The van der Waals surface area contributed by atoms with Crippen molar-refractivity contribution < 1.29 is 14.6 Å². The molecule has 0 bridgehead atoms. The van der Waals surface area contributed by atoms with E-state index in [4.69, 9.17) is 9.84 Å². The number of carbonyl (C=O) groups is 1. The number of halogens is 2. The molecule has 0 saturated heterocycles. The van der Waals surface area contributed by atoms with Gasteiger partial charge in [0.2, 0.25) is 0 Å². The van der Waals surface area contributed by atoms with Crippen LogP contribution in [0.25, 0.3) is 0 Å². The Hall–Kier alpha value is -0.500. The molecule has 6 heteroatoms. The van der Waals surface area contributed by atoms with Crippen LogP contribution in [-0.2, 0) is 0 Å². The van der Waals surface area contributed by atoms with Gasteiger partial charge in [-0.25, -0.2) is 4.79 Å². The number of amides is 1. The SMILES string of the molecule is CC(C)(C)Oc1c(Br)ccc(NC(=O)O)c1I. The molecule has 0 atom stereocenters. The molecular formula is C11H13BrINO3. The molecule has 1 rings (SSSR count). The van der Waals surface area contributed by atoms with Crippen LogP contribution in [0.4, 0.5) is 10.5 Å². The molecule has 0 aliphatic heterocycles. The summed E-state index contributed by atoms with van der Waals surface area (Å²) in [6.07, 6.45) is -1.09. The van der Waals surface area contributed by atoms with Gasteiger partial charge in [0.1, 0.15) is 11.4 Å². The highest BCUT2D eigenvalue weighted by atomic mass is 127. The van der Waals surface area contributed by atoms with Crippen LogP contribution >= 0.6 is 38.5 Å². The predicted octanol–water partition coefficient (Wildman–Crippen LogP) is 4.32. The summed E-state index contributed by atoms with van der Waals surface area (Å²) in [5, 5.41) is 11.1. The third-order valence-corrected chi connectivity index (χ3v) is 3.39. The molecule has 1 aromatic rings. The fraction of sp³-hybridized carbons (Fsp3) is 0.364. The molecule has 0 saturated carbocycles. The highest BCUT2D eigenvalue weighted by Crippen LogP contribution is 2.37. The third kappa shape index (κ3) is 4.34. The summed E-state index contributed by atoms with van der Waals surface area (Å²) in [5.41, 5.74) is 0.171. The van der Waals surface area contributed by atoms with Crippen LogP contribution in [0.15, 0.2) is 16.6 Å². The van der Waals surface area contributed by atoms with Crippen molar-refractivity contribution in [1.82, 2.24) is 0 Å². The minimum Gasteiger partial charge on any atom is -0.486 e. The van der Waals surface area contributed by atoms with Gasteiger partial charge in [0.15, 0.2) is 0 Å². The molecule has 0 fully saturated rings. The van der Waals surface area contributed by atoms with Crippen molar-refractivity contribution in [2.24, 2.45) is 0 Å². The summed E-state index contributed by atoms with van der Waals surface area (Å²) >= 11 is 5.45. The average Bonchev–Trinajstić information content (AvgIpc) is 2.15. The van der Waals surface area contributed by atoms with Crippen LogP contribution in [0.3, 0.4) is 0 Å². The average molecular weight is 414 g/mol. The largest absolute Gasteiger partial charge is 0.486 e. The number of carboxylic acid groups (broad SMARTS) is 1. The van der Waals surface area contributed by atoms with E-state index < -0.39 is 6.09 Å². The fourth-order valence-corrected chi connectivity index (χ4v) is 2.64. The van der Waals surface area contributed by atoms with Gasteiger partial charge in [-0.3, -0.25) is 5.32 Å². The second-order valence-electron chi connectivity index (χ2n) is 4.38. The van der Waals surface area contributed by atoms with Crippen molar-refractivity contribution in [1.29, 1.82) is 0 Å². The maximum atomic E-state index is 10.6. The number of hydrogen-bond acceptors (Lipinski definition) is 2. The zero-order valence-corrected chi connectivity index (χ0v) is 13.4. The topological polar surface area (TPSA) is 58.6 Å². The standard InChI is InChI=1S/C11H13BrINO3/c1-11(2,3)17-9-6(12)4-5-7(8(9)13)14-10(15)16/h4-5,14H,1-3H3,(H,15,16). The first-order valence-corrected chi connectivity index (χ1v) is 6.75. The number of ether oxygens (including phenoxy) is 1. The van der Waals surface area contributed by atoms with Crippen LogP contribution in [0.2, 0.25) is 0 Å². The van der Waals surface area contributed by atoms with E-state index in [9.17, 15) is 4.79 Å². The van der Waals surface area contributed by atoms with Gasteiger partial charge in [0.25, 0.3) is 0 Å². The van der Waals surface area contributed by atoms with Gasteiger partial charge in [-0.15, -0.1) is 0 Å². The first kappa shape index (κ1) is 14.6. The Labute approximate surface area is 122 Å². The normalized spacial score (nSPS) is 11.1. The molecule has 0 radical (unpaired) electrons. The Balaban J connectivity index is 3.15. The molecule has 4 nitrogen and oxygen atoms in total. The smallest absolute Gasteiger partial charge is 0.409 e. The fourth-order valence-electron chi connectivity index (χ4n) is 1.14. The van der Waals surface area contributed by atoms with Crippen LogP contribution < -0.4 is 10.1 Å². The second-order valence-corrected chi connectivity index (χ2v) is 6.32. The Morgan fingerprint density at radius 1 is 1.47 bits per heavy atom. The molecule has 17 heavy (non-hydrogen) atoms. The molecule has 0 aliphatic rings. The first-order chi connectivity index (χ1) is 7.70. The Bertz CT molecular complexity index is 443. The number of nitrogens with one attached hydrogen (secondary N) is 1. The van der Waals surface area contributed by atoms with Gasteiger partial charge in [-0.05, 0) is 71.4 Å². The van der Waals surface area contributed by atoms with E-state index in [1.165, 1.54) is 0 Å². The maximum absolute atomic E-state index is 10.6. The summed E-state index contributed by atoms with van der Waals surface area (Å²) < 4.78 is 7.33. The lowest BCUT2D eigenvalue weighted by atomic mass is 10.2. The van der Waals surface area contributed by atoms with E-state index >= 15 is 0 Å². The van der Waals surface area contributed by atoms with E-state index in [0.29, 0.717) is 11.4 Å². The van der Waals surface area contributed by atoms with Crippen LogP contribution in [0, 0.1) is 3.57 Å². The van der Waals surface area contributed by atoms with Crippen LogP contribution in [-0.4, -0.2) is 16.8 Å². The molecule has 0 aliphatic carbocycles.